The molecule has 0 aromatic carbocycles. The second-order valence-electron chi connectivity index (χ2n) is 3.63. The molecule has 2 N–H and O–H groups in total. The Hall–Kier alpha value is -2.18. The van der Waals surface area contributed by atoms with E-state index in [1.54, 1.807) is 0 Å². The molecule has 0 fully saturated rings. The van der Waals surface area contributed by atoms with Crippen molar-refractivity contribution in [3.05, 3.63) is 27.9 Å². The van der Waals surface area contributed by atoms with E-state index in [-0.39, 0.29) is 17.2 Å². The van der Waals surface area contributed by atoms with Gasteiger partial charge in [0.2, 0.25) is 0 Å². The number of nitro groups is 1. The van der Waals surface area contributed by atoms with E-state index in [0.717, 1.165) is 12.6 Å². The SMILES string of the molecule is CCCNC(=O)c1cc([N+](=O)[O-])cnc1NCC. The van der Waals surface area contributed by atoms with Crippen molar-refractivity contribution in [1.82, 2.24) is 10.3 Å². The van der Waals surface area contributed by atoms with Crippen molar-refractivity contribution in [3.63, 3.8) is 0 Å². The van der Waals surface area contributed by atoms with Crippen molar-refractivity contribution >= 4 is 17.4 Å². The molecular weight excluding hydrogens is 236 g/mol. The van der Waals surface area contributed by atoms with E-state index < -0.39 is 4.92 Å². The summed E-state index contributed by atoms with van der Waals surface area (Å²) < 4.78 is 0. The average Bonchev–Trinajstić information content (AvgIpc) is 2.36. The third-order valence-electron chi connectivity index (χ3n) is 2.21. The molecule has 1 amide bonds. The van der Waals surface area contributed by atoms with Gasteiger partial charge in [0, 0.05) is 19.2 Å². The number of pyridine rings is 1. The molecule has 1 aromatic rings. The number of hydrogen-bond donors (Lipinski definition) is 2. The molecule has 1 aromatic heterocycles. The van der Waals surface area contributed by atoms with Crippen LogP contribution in [-0.4, -0.2) is 28.9 Å². The van der Waals surface area contributed by atoms with E-state index in [2.05, 4.69) is 15.6 Å². The van der Waals surface area contributed by atoms with Crippen LogP contribution in [-0.2, 0) is 0 Å². The molecule has 18 heavy (non-hydrogen) atoms. The molecule has 7 nitrogen and oxygen atoms in total. The highest BCUT2D eigenvalue weighted by atomic mass is 16.6. The van der Waals surface area contributed by atoms with E-state index in [1.165, 1.54) is 6.07 Å². The molecule has 1 heterocycles. The Kier molecular flexibility index (Phi) is 5.04. The standard InChI is InChI=1S/C11H16N4O3/c1-3-5-13-11(16)9-6-8(15(17)18)7-14-10(9)12-4-2/h6-7H,3-5H2,1-2H3,(H,12,14)(H,13,16). The maximum atomic E-state index is 11.9. The average molecular weight is 252 g/mol. The zero-order valence-electron chi connectivity index (χ0n) is 10.4. The van der Waals surface area contributed by atoms with Crippen molar-refractivity contribution in [2.75, 3.05) is 18.4 Å². The summed E-state index contributed by atoms with van der Waals surface area (Å²) in [5, 5.41) is 16.2. The number of hydrogen-bond acceptors (Lipinski definition) is 5. The highest BCUT2D eigenvalue weighted by Gasteiger charge is 2.17. The number of amides is 1. The maximum Gasteiger partial charge on any atom is 0.288 e. The van der Waals surface area contributed by atoms with Crippen molar-refractivity contribution in [1.29, 1.82) is 0 Å². The van der Waals surface area contributed by atoms with E-state index in [9.17, 15) is 14.9 Å². The molecule has 1 rings (SSSR count). The van der Waals surface area contributed by atoms with Crippen LogP contribution in [0.15, 0.2) is 12.3 Å². The fraction of sp³-hybridized carbons (Fsp3) is 0.455. The Morgan fingerprint density at radius 3 is 2.78 bits per heavy atom. The first-order valence-electron chi connectivity index (χ1n) is 5.76. The van der Waals surface area contributed by atoms with E-state index in [1.807, 2.05) is 13.8 Å². The number of nitrogens with one attached hydrogen (secondary N) is 2. The van der Waals surface area contributed by atoms with Crippen LogP contribution in [0.5, 0.6) is 0 Å². The maximum absolute atomic E-state index is 11.9. The second kappa shape index (κ2) is 6.53. The van der Waals surface area contributed by atoms with Crippen LogP contribution in [0.4, 0.5) is 11.5 Å². The first kappa shape index (κ1) is 13.9. The molecule has 0 atom stereocenters. The summed E-state index contributed by atoms with van der Waals surface area (Å²) in [6, 6.07) is 1.23. The predicted molar refractivity (Wildman–Crippen MR) is 67.7 cm³/mol. The molecule has 0 bridgehead atoms. The number of nitrogens with zero attached hydrogens (tertiary/aromatic N) is 2. The Bertz CT molecular complexity index is 448. The number of carbonyl (C=O) groups excluding carboxylic acids is 1. The minimum atomic E-state index is -0.570. The lowest BCUT2D eigenvalue weighted by molar-refractivity contribution is -0.385. The summed E-state index contributed by atoms with van der Waals surface area (Å²) in [6.07, 6.45) is 1.93. The molecule has 0 aliphatic heterocycles. The molecule has 0 radical (unpaired) electrons. The van der Waals surface area contributed by atoms with Crippen LogP contribution in [0.2, 0.25) is 0 Å². The molecule has 0 spiro atoms. The lowest BCUT2D eigenvalue weighted by Crippen LogP contribution is -2.25. The number of rotatable bonds is 6. The fourth-order valence-corrected chi connectivity index (χ4v) is 1.37. The third kappa shape index (κ3) is 3.41. The first-order valence-corrected chi connectivity index (χ1v) is 5.76. The smallest absolute Gasteiger partial charge is 0.288 e. The van der Waals surface area contributed by atoms with Crippen molar-refractivity contribution < 1.29 is 9.72 Å². The van der Waals surface area contributed by atoms with Crippen molar-refractivity contribution in [2.24, 2.45) is 0 Å². The predicted octanol–water partition coefficient (Wildman–Crippen LogP) is 1.56. The Labute approximate surface area is 105 Å². The van der Waals surface area contributed by atoms with Gasteiger partial charge < -0.3 is 10.6 Å². The van der Waals surface area contributed by atoms with Crippen molar-refractivity contribution in [2.45, 2.75) is 20.3 Å². The minimum Gasteiger partial charge on any atom is -0.370 e. The summed E-state index contributed by atoms with van der Waals surface area (Å²) in [7, 11) is 0. The number of anilines is 1. The van der Waals surface area contributed by atoms with Gasteiger partial charge in [0.25, 0.3) is 11.6 Å². The van der Waals surface area contributed by atoms with Gasteiger partial charge in [-0.15, -0.1) is 0 Å². The third-order valence-corrected chi connectivity index (χ3v) is 2.21. The molecule has 0 aliphatic rings. The molecule has 98 valence electrons. The summed E-state index contributed by atoms with van der Waals surface area (Å²) in [4.78, 5) is 25.9. The van der Waals surface area contributed by atoms with E-state index in [0.29, 0.717) is 18.9 Å². The molecule has 0 saturated heterocycles. The fourth-order valence-electron chi connectivity index (χ4n) is 1.37. The van der Waals surface area contributed by atoms with E-state index >= 15 is 0 Å². The quantitative estimate of drug-likeness (QED) is 0.591. The van der Waals surface area contributed by atoms with Gasteiger partial charge in [0.15, 0.2) is 0 Å². The summed E-state index contributed by atoms with van der Waals surface area (Å²) in [6.45, 7) is 4.89. The van der Waals surface area contributed by atoms with Gasteiger partial charge in [-0.3, -0.25) is 14.9 Å². The van der Waals surface area contributed by atoms with Gasteiger partial charge in [-0.2, -0.15) is 0 Å². The van der Waals surface area contributed by atoms with Gasteiger partial charge in [-0.05, 0) is 13.3 Å². The van der Waals surface area contributed by atoms with Crippen molar-refractivity contribution in [3.8, 4) is 0 Å². The Morgan fingerprint density at radius 2 is 2.22 bits per heavy atom. The van der Waals surface area contributed by atoms with Crippen LogP contribution in [0.3, 0.4) is 0 Å². The zero-order chi connectivity index (χ0) is 13.5. The van der Waals surface area contributed by atoms with Crippen LogP contribution >= 0.6 is 0 Å². The number of carbonyl (C=O) groups is 1. The van der Waals surface area contributed by atoms with Crippen LogP contribution in [0, 0.1) is 10.1 Å². The van der Waals surface area contributed by atoms with Gasteiger partial charge in [0.05, 0.1) is 10.5 Å². The van der Waals surface area contributed by atoms with E-state index in [4.69, 9.17) is 0 Å². The minimum absolute atomic E-state index is 0.194. The monoisotopic (exact) mass is 252 g/mol. The van der Waals surface area contributed by atoms with Crippen LogP contribution < -0.4 is 10.6 Å². The highest BCUT2D eigenvalue weighted by Crippen LogP contribution is 2.18. The highest BCUT2D eigenvalue weighted by molar-refractivity contribution is 5.99. The topological polar surface area (TPSA) is 97.2 Å². The van der Waals surface area contributed by atoms with Gasteiger partial charge in [0.1, 0.15) is 12.0 Å². The second-order valence-corrected chi connectivity index (χ2v) is 3.63. The lowest BCUT2D eigenvalue weighted by Gasteiger charge is -2.09. The summed E-state index contributed by atoms with van der Waals surface area (Å²) in [5.74, 6) is 0.000651. The zero-order valence-corrected chi connectivity index (χ0v) is 10.4. The van der Waals surface area contributed by atoms with Crippen LogP contribution in [0.25, 0.3) is 0 Å². The van der Waals surface area contributed by atoms with Gasteiger partial charge in [-0.25, -0.2) is 4.98 Å². The molecular formula is C11H16N4O3. The molecule has 0 aliphatic carbocycles. The van der Waals surface area contributed by atoms with Gasteiger partial charge in [-0.1, -0.05) is 6.92 Å². The normalized spacial score (nSPS) is 9.89. The summed E-state index contributed by atoms with van der Waals surface area (Å²) in [5.41, 5.74) is -0.00204. The largest absolute Gasteiger partial charge is 0.370 e. The molecule has 0 saturated carbocycles. The Morgan fingerprint density at radius 1 is 1.50 bits per heavy atom. The van der Waals surface area contributed by atoms with Gasteiger partial charge >= 0.3 is 0 Å². The molecule has 0 unspecified atom stereocenters. The first-order chi connectivity index (χ1) is 8.60. The number of aromatic nitrogens is 1. The van der Waals surface area contributed by atoms with Crippen LogP contribution in [0.1, 0.15) is 30.6 Å². The summed E-state index contributed by atoms with van der Waals surface area (Å²) >= 11 is 0. The lowest BCUT2D eigenvalue weighted by atomic mass is 10.2. The Balaban J connectivity index is 3.06. The molecule has 7 heteroatoms.